The number of hydrogen-bond acceptors (Lipinski definition) is 3. The Balaban J connectivity index is 1.57. The van der Waals surface area contributed by atoms with Gasteiger partial charge in [0.15, 0.2) is 5.78 Å². The van der Waals surface area contributed by atoms with Crippen molar-refractivity contribution >= 4 is 33.0 Å². The number of halogens is 1. The molecule has 0 saturated carbocycles. The van der Waals surface area contributed by atoms with E-state index in [1.54, 1.807) is 0 Å². The molecule has 0 bridgehead atoms. The van der Waals surface area contributed by atoms with E-state index in [4.69, 9.17) is 0 Å². The Morgan fingerprint density at radius 3 is 3.10 bits per heavy atom. The molecule has 1 aliphatic heterocycles. The smallest absolute Gasteiger partial charge is 0.164 e. The van der Waals surface area contributed by atoms with Crippen molar-refractivity contribution in [2.45, 2.75) is 19.4 Å². The molecular weight excluding hydrogens is 334 g/mol. The van der Waals surface area contributed by atoms with Gasteiger partial charge in [0, 0.05) is 41.0 Å². The summed E-state index contributed by atoms with van der Waals surface area (Å²) in [5.41, 5.74) is 2.24. The van der Waals surface area contributed by atoms with Crippen molar-refractivity contribution in [1.29, 1.82) is 0 Å². The first kappa shape index (κ1) is 14.0. The molecule has 0 amide bonds. The predicted molar refractivity (Wildman–Crippen MR) is 86.4 cm³/mol. The highest BCUT2D eigenvalue weighted by atomic mass is 79.9. The molecular formula is C16H16BrNOS. The van der Waals surface area contributed by atoms with Gasteiger partial charge in [-0.3, -0.25) is 9.69 Å². The lowest BCUT2D eigenvalue weighted by Crippen LogP contribution is -2.31. The SMILES string of the molecule is O=C(CCN1CCc2sccc2C1)c1cccc(Br)c1. The van der Waals surface area contributed by atoms with Crippen molar-refractivity contribution in [3.05, 3.63) is 56.2 Å². The van der Waals surface area contributed by atoms with Crippen LogP contribution in [0.5, 0.6) is 0 Å². The van der Waals surface area contributed by atoms with Crippen LogP contribution in [0.3, 0.4) is 0 Å². The van der Waals surface area contributed by atoms with Crippen LogP contribution in [0.1, 0.15) is 27.2 Å². The van der Waals surface area contributed by atoms with Gasteiger partial charge in [-0.25, -0.2) is 0 Å². The first-order valence-electron chi connectivity index (χ1n) is 6.79. The fraction of sp³-hybridized carbons (Fsp3) is 0.312. The van der Waals surface area contributed by atoms with Gasteiger partial charge in [0.2, 0.25) is 0 Å². The van der Waals surface area contributed by atoms with E-state index in [-0.39, 0.29) is 5.78 Å². The minimum absolute atomic E-state index is 0.224. The Bertz CT molecular complexity index is 622. The molecule has 2 aromatic rings. The van der Waals surface area contributed by atoms with Crippen LogP contribution in [0.4, 0.5) is 0 Å². The molecule has 0 N–H and O–H groups in total. The second-order valence-corrected chi connectivity index (χ2v) is 7.00. The third kappa shape index (κ3) is 3.19. The molecule has 0 spiro atoms. The van der Waals surface area contributed by atoms with Crippen LogP contribution in [0.15, 0.2) is 40.2 Å². The van der Waals surface area contributed by atoms with Crippen LogP contribution in [-0.4, -0.2) is 23.8 Å². The zero-order valence-corrected chi connectivity index (χ0v) is 13.5. The fourth-order valence-corrected chi connectivity index (χ4v) is 3.85. The third-order valence-electron chi connectivity index (χ3n) is 3.69. The van der Waals surface area contributed by atoms with Crippen molar-refractivity contribution in [1.82, 2.24) is 4.90 Å². The summed E-state index contributed by atoms with van der Waals surface area (Å²) in [5, 5.41) is 2.17. The van der Waals surface area contributed by atoms with Gasteiger partial charge < -0.3 is 0 Å². The van der Waals surface area contributed by atoms with Gasteiger partial charge in [-0.2, -0.15) is 0 Å². The second kappa shape index (κ2) is 6.20. The number of hydrogen-bond donors (Lipinski definition) is 0. The summed E-state index contributed by atoms with van der Waals surface area (Å²) in [4.78, 5) is 16.1. The van der Waals surface area contributed by atoms with Crippen LogP contribution in [-0.2, 0) is 13.0 Å². The zero-order chi connectivity index (χ0) is 13.9. The summed E-state index contributed by atoms with van der Waals surface area (Å²) >= 11 is 5.26. The summed E-state index contributed by atoms with van der Waals surface area (Å²) in [6.07, 6.45) is 1.72. The number of ketones is 1. The first-order valence-corrected chi connectivity index (χ1v) is 8.46. The Morgan fingerprint density at radius 1 is 1.35 bits per heavy atom. The molecule has 2 nitrogen and oxygen atoms in total. The minimum Gasteiger partial charge on any atom is -0.298 e. The largest absolute Gasteiger partial charge is 0.298 e. The second-order valence-electron chi connectivity index (χ2n) is 5.08. The van der Waals surface area contributed by atoms with Gasteiger partial charge in [0.1, 0.15) is 0 Å². The molecule has 1 aromatic heterocycles. The maximum atomic E-state index is 12.2. The van der Waals surface area contributed by atoms with Crippen molar-refractivity contribution in [2.24, 2.45) is 0 Å². The first-order chi connectivity index (χ1) is 9.72. The number of Topliss-reactive ketones (excluding diaryl/α,β-unsaturated/α-hetero) is 1. The third-order valence-corrected chi connectivity index (χ3v) is 5.20. The zero-order valence-electron chi connectivity index (χ0n) is 11.1. The van der Waals surface area contributed by atoms with Gasteiger partial charge in [-0.1, -0.05) is 28.1 Å². The maximum Gasteiger partial charge on any atom is 0.164 e. The Morgan fingerprint density at radius 2 is 2.25 bits per heavy atom. The topological polar surface area (TPSA) is 20.3 Å². The normalized spacial score (nSPS) is 15.1. The molecule has 0 fully saturated rings. The average molecular weight is 350 g/mol. The average Bonchev–Trinajstić information content (AvgIpc) is 2.92. The van der Waals surface area contributed by atoms with E-state index >= 15 is 0 Å². The van der Waals surface area contributed by atoms with Gasteiger partial charge in [-0.15, -0.1) is 11.3 Å². The highest BCUT2D eigenvalue weighted by molar-refractivity contribution is 9.10. The highest BCUT2D eigenvalue weighted by Gasteiger charge is 2.18. The molecule has 1 aromatic carbocycles. The van der Waals surface area contributed by atoms with Crippen molar-refractivity contribution in [3.8, 4) is 0 Å². The number of thiophene rings is 1. The fourth-order valence-electron chi connectivity index (χ4n) is 2.56. The number of carbonyl (C=O) groups excluding carboxylic acids is 1. The van der Waals surface area contributed by atoms with Gasteiger partial charge in [0.05, 0.1) is 0 Å². The van der Waals surface area contributed by atoms with Gasteiger partial charge in [0.25, 0.3) is 0 Å². The Hall–Kier alpha value is -0.970. The molecule has 0 aliphatic carbocycles. The van der Waals surface area contributed by atoms with E-state index < -0.39 is 0 Å². The minimum atomic E-state index is 0.224. The standard InChI is InChI=1S/C16H16BrNOS/c17-14-3-1-2-12(10-14)15(19)4-7-18-8-5-16-13(11-18)6-9-20-16/h1-3,6,9-10H,4-5,7-8,11H2. The van der Waals surface area contributed by atoms with E-state index in [9.17, 15) is 4.79 Å². The maximum absolute atomic E-state index is 12.2. The van der Waals surface area contributed by atoms with E-state index in [1.807, 2.05) is 35.6 Å². The highest BCUT2D eigenvalue weighted by Crippen LogP contribution is 2.24. The number of rotatable bonds is 4. The molecule has 20 heavy (non-hydrogen) atoms. The lowest BCUT2D eigenvalue weighted by atomic mass is 10.1. The molecule has 3 rings (SSSR count). The molecule has 0 unspecified atom stereocenters. The molecule has 1 aliphatic rings. The van der Waals surface area contributed by atoms with Crippen molar-refractivity contribution < 1.29 is 4.79 Å². The molecule has 2 heterocycles. The summed E-state index contributed by atoms with van der Waals surface area (Å²) in [6, 6.07) is 9.85. The summed E-state index contributed by atoms with van der Waals surface area (Å²) in [6.45, 7) is 2.91. The van der Waals surface area contributed by atoms with Crippen LogP contribution in [0.25, 0.3) is 0 Å². The number of fused-ring (bicyclic) bond motifs is 1. The lowest BCUT2D eigenvalue weighted by molar-refractivity contribution is 0.0961. The molecule has 0 saturated heterocycles. The van der Waals surface area contributed by atoms with Gasteiger partial charge in [-0.05, 0) is 35.6 Å². The van der Waals surface area contributed by atoms with E-state index in [0.29, 0.717) is 6.42 Å². The van der Waals surface area contributed by atoms with E-state index in [2.05, 4.69) is 32.3 Å². The molecule has 4 heteroatoms. The van der Waals surface area contributed by atoms with Crippen molar-refractivity contribution in [2.75, 3.05) is 13.1 Å². The summed E-state index contributed by atoms with van der Waals surface area (Å²) in [5.74, 6) is 0.224. The monoisotopic (exact) mass is 349 g/mol. The number of nitrogens with zero attached hydrogens (tertiary/aromatic N) is 1. The van der Waals surface area contributed by atoms with E-state index in [0.717, 1.165) is 36.1 Å². The summed E-state index contributed by atoms with van der Waals surface area (Å²) in [7, 11) is 0. The van der Waals surface area contributed by atoms with Gasteiger partial charge >= 0.3 is 0 Å². The van der Waals surface area contributed by atoms with E-state index in [1.165, 1.54) is 10.4 Å². The van der Waals surface area contributed by atoms with Crippen LogP contribution < -0.4 is 0 Å². The summed E-state index contributed by atoms with van der Waals surface area (Å²) < 4.78 is 0.962. The Labute approximate surface area is 131 Å². The molecule has 104 valence electrons. The quantitative estimate of drug-likeness (QED) is 0.773. The predicted octanol–water partition coefficient (Wildman–Crippen LogP) is 4.14. The number of benzene rings is 1. The van der Waals surface area contributed by atoms with Crippen LogP contribution in [0.2, 0.25) is 0 Å². The Kier molecular flexibility index (Phi) is 4.34. The van der Waals surface area contributed by atoms with Crippen LogP contribution >= 0.6 is 27.3 Å². The number of carbonyl (C=O) groups is 1. The molecule has 0 atom stereocenters. The van der Waals surface area contributed by atoms with Crippen LogP contribution in [0, 0.1) is 0 Å². The molecule has 0 radical (unpaired) electrons. The van der Waals surface area contributed by atoms with Crippen molar-refractivity contribution in [3.63, 3.8) is 0 Å². The lowest BCUT2D eigenvalue weighted by Gasteiger charge is -2.26.